The average molecular weight is 223 g/mol. The number of hydrogen-bond donors (Lipinski definition) is 3. The highest BCUT2D eigenvalue weighted by Crippen LogP contribution is 2.06. The summed E-state index contributed by atoms with van der Waals surface area (Å²) in [4.78, 5) is 25.7. The van der Waals surface area contributed by atoms with Gasteiger partial charge in [-0.3, -0.25) is 4.79 Å². The van der Waals surface area contributed by atoms with E-state index in [2.05, 4.69) is 15.6 Å². The van der Waals surface area contributed by atoms with Crippen LogP contribution >= 0.6 is 0 Å². The van der Waals surface area contributed by atoms with Crippen LogP contribution in [0.4, 0.5) is 5.69 Å². The third kappa shape index (κ3) is 3.03. The van der Waals surface area contributed by atoms with Crippen molar-refractivity contribution >= 4 is 17.6 Å². The van der Waals surface area contributed by atoms with Crippen molar-refractivity contribution in [3.63, 3.8) is 0 Å². The van der Waals surface area contributed by atoms with Crippen LogP contribution in [-0.4, -0.2) is 35.1 Å². The monoisotopic (exact) mass is 223 g/mol. The van der Waals surface area contributed by atoms with Gasteiger partial charge in [-0.25, -0.2) is 9.78 Å². The number of hydrogen-bond acceptors (Lipinski definition) is 4. The summed E-state index contributed by atoms with van der Waals surface area (Å²) in [6, 6.07) is 2.51. The quantitative estimate of drug-likeness (QED) is 0.684. The van der Waals surface area contributed by atoms with Crippen LogP contribution in [0.3, 0.4) is 0 Å². The number of rotatable bonds is 4. The molecule has 6 nitrogen and oxygen atoms in total. The maximum absolute atomic E-state index is 11.4. The van der Waals surface area contributed by atoms with Crippen LogP contribution in [0.2, 0.25) is 0 Å². The zero-order chi connectivity index (χ0) is 12.1. The lowest BCUT2D eigenvalue weighted by molar-refractivity contribution is -0.117. The average Bonchev–Trinajstić information content (AvgIpc) is 2.28. The number of amides is 1. The second-order valence-electron chi connectivity index (χ2n) is 3.24. The van der Waals surface area contributed by atoms with Gasteiger partial charge >= 0.3 is 5.97 Å². The van der Waals surface area contributed by atoms with E-state index >= 15 is 0 Å². The van der Waals surface area contributed by atoms with Crippen LogP contribution in [0, 0.1) is 0 Å². The summed E-state index contributed by atoms with van der Waals surface area (Å²) in [6.07, 6.45) is 1.31. The molecule has 1 rings (SSSR count). The molecule has 1 unspecified atom stereocenters. The van der Waals surface area contributed by atoms with Crippen molar-refractivity contribution in [3.8, 4) is 0 Å². The molecular weight excluding hydrogens is 210 g/mol. The number of anilines is 1. The van der Waals surface area contributed by atoms with Gasteiger partial charge < -0.3 is 15.7 Å². The van der Waals surface area contributed by atoms with Gasteiger partial charge in [0.05, 0.1) is 17.9 Å². The topological polar surface area (TPSA) is 91.3 Å². The van der Waals surface area contributed by atoms with Crippen molar-refractivity contribution in [3.05, 3.63) is 24.0 Å². The Morgan fingerprint density at radius 3 is 2.56 bits per heavy atom. The van der Waals surface area contributed by atoms with Gasteiger partial charge in [-0.1, -0.05) is 0 Å². The lowest BCUT2D eigenvalue weighted by Gasteiger charge is -2.10. The van der Waals surface area contributed by atoms with Gasteiger partial charge in [-0.2, -0.15) is 0 Å². The molecule has 1 aromatic rings. The van der Waals surface area contributed by atoms with E-state index in [9.17, 15) is 9.59 Å². The Morgan fingerprint density at radius 2 is 2.12 bits per heavy atom. The number of likely N-dealkylation sites (N-methyl/N-ethyl adjacent to an activating group) is 1. The van der Waals surface area contributed by atoms with Crippen molar-refractivity contribution in [1.82, 2.24) is 10.3 Å². The summed E-state index contributed by atoms with van der Waals surface area (Å²) in [5, 5.41) is 14.0. The minimum Gasteiger partial charge on any atom is -0.477 e. The molecule has 0 aliphatic rings. The summed E-state index contributed by atoms with van der Waals surface area (Å²) in [5.74, 6) is -1.30. The predicted octanol–water partition coefficient (Wildman–Crippen LogP) is 0.326. The first-order chi connectivity index (χ1) is 7.54. The maximum atomic E-state index is 11.4. The van der Waals surface area contributed by atoms with Gasteiger partial charge in [0.15, 0.2) is 0 Å². The van der Waals surface area contributed by atoms with Gasteiger partial charge in [-0.05, 0) is 26.1 Å². The molecule has 0 radical (unpaired) electrons. The fourth-order valence-corrected chi connectivity index (χ4v) is 0.976. The molecule has 3 N–H and O–H groups in total. The molecule has 0 aromatic carbocycles. The van der Waals surface area contributed by atoms with Crippen LogP contribution in [-0.2, 0) is 4.79 Å². The molecule has 86 valence electrons. The number of carboxylic acid groups (broad SMARTS) is 1. The zero-order valence-electron chi connectivity index (χ0n) is 9.02. The number of aromatic nitrogens is 1. The first-order valence-electron chi connectivity index (χ1n) is 4.72. The van der Waals surface area contributed by atoms with E-state index in [0.29, 0.717) is 5.69 Å². The first-order valence-corrected chi connectivity index (χ1v) is 4.72. The lowest BCUT2D eigenvalue weighted by Crippen LogP contribution is -2.35. The highest BCUT2D eigenvalue weighted by Gasteiger charge is 2.10. The zero-order valence-corrected chi connectivity index (χ0v) is 9.02. The van der Waals surface area contributed by atoms with E-state index in [1.54, 1.807) is 14.0 Å². The molecule has 0 aliphatic heterocycles. The third-order valence-electron chi connectivity index (χ3n) is 2.08. The van der Waals surface area contributed by atoms with Crippen molar-refractivity contribution in [2.24, 2.45) is 0 Å². The number of nitrogens with zero attached hydrogens (tertiary/aromatic N) is 1. The Balaban J connectivity index is 2.69. The molecule has 0 bridgehead atoms. The van der Waals surface area contributed by atoms with Gasteiger partial charge in [-0.15, -0.1) is 0 Å². The van der Waals surface area contributed by atoms with E-state index in [-0.39, 0.29) is 17.6 Å². The molecule has 0 spiro atoms. The van der Waals surface area contributed by atoms with Crippen LogP contribution in [0.15, 0.2) is 18.3 Å². The van der Waals surface area contributed by atoms with Crippen LogP contribution in [0.1, 0.15) is 17.4 Å². The van der Waals surface area contributed by atoms with E-state index in [0.717, 1.165) is 0 Å². The molecule has 0 fully saturated rings. The standard InChI is InChI=1S/C10H13N3O3/c1-6(11-2)9(14)13-7-3-4-8(10(15)16)12-5-7/h3-6,11H,1-2H3,(H,13,14)(H,15,16). The molecule has 1 amide bonds. The number of aromatic carboxylic acids is 1. The third-order valence-corrected chi connectivity index (χ3v) is 2.08. The van der Waals surface area contributed by atoms with Gasteiger partial charge in [0, 0.05) is 0 Å². The molecule has 16 heavy (non-hydrogen) atoms. The minimum absolute atomic E-state index is 0.0559. The highest BCUT2D eigenvalue weighted by atomic mass is 16.4. The molecule has 1 aromatic heterocycles. The molecule has 0 aliphatic carbocycles. The molecule has 6 heteroatoms. The summed E-state index contributed by atoms with van der Waals surface area (Å²) in [6.45, 7) is 1.72. The molecule has 1 atom stereocenters. The number of carbonyl (C=O) groups is 2. The smallest absolute Gasteiger partial charge is 0.354 e. The van der Waals surface area contributed by atoms with Crippen LogP contribution in [0.25, 0.3) is 0 Å². The van der Waals surface area contributed by atoms with Crippen LogP contribution in [0.5, 0.6) is 0 Å². The molecule has 1 heterocycles. The summed E-state index contributed by atoms with van der Waals surface area (Å²) >= 11 is 0. The first kappa shape index (κ1) is 12.1. The number of pyridine rings is 1. The fraction of sp³-hybridized carbons (Fsp3) is 0.300. The number of carbonyl (C=O) groups excluding carboxylic acids is 1. The Labute approximate surface area is 92.7 Å². The largest absolute Gasteiger partial charge is 0.477 e. The van der Waals surface area contributed by atoms with Gasteiger partial charge in [0.1, 0.15) is 5.69 Å². The van der Waals surface area contributed by atoms with Crippen molar-refractivity contribution in [2.45, 2.75) is 13.0 Å². The fourth-order valence-electron chi connectivity index (χ4n) is 0.976. The Bertz CT molecular complexity index is 389. The van der Waals surface area contributed by atoms with Crippen LogP contribution < -0.4 is 10.6 Å². The second kappa shape index (κ2) is 5.22. The second-order valence-corrected chi connectivity index (χ2v) is 3.24. The Kier molecular flexibility index (Phi) is 3.96. The lowest BCUT2D eigenvalue weighted by atomic mass is 10.3. The summed E-state index contributed by atoms with van der Waals surface area (Å²) < 4.78 is 0. The Morgan fingerprint density at radius 1 is 1.44 bits per heavy atom. The van der Waals surface area contributed by atoms with Crippen molar-refractivity contribution in [1.29, 1.82) is 0 Å². The summed E-state index contributed by atoms with van der Waals surface area (Å²) in [5.41, 5.74) is 0.414. The number of carboxylic acids is 1. The number of nitrogens with one attached hydrogen (secondary N) is 2. The van der Waals surface area contributed by atoms with Crippen molar-refractivity contribution < 1.29 is 14.7 Å². The van der Waals surface area contributed by atoms with E-state index in [1.165, 1.54) is 18.3 Å². The van der Waals surface area contributed by atoms with Crippen molar-refractivity contribution in [2.75, 3.05) is 12.4 Å². The normalized spacial score (nSPS) is 11.9. The highest BCUT2D eigenvalue weighted by molar-refractivity contribution is 5.94. The van der Waals surface area contributed by atoms with Gasteiger partial charge in [0.2, 0.25) is 5.91 Å². The van der Waals surface area contributed by atoms with E-state index < -0.39 is 5.97 Å². The minimum atomic E-state index is -1.10. The van der Waals surface area contributed by atoms with Gasteiger partial charge in [0.25, 0.3) is 0 Å². The molecule has 0 saturated heterocycles. The predicted molar refractivity (Wildman–Crippen MR) is 58.3 cm³/mol. The summed E-state index contributed by atoms with van der Waals surface area (Å²) in [7, 11) is 1.68. The maximum Gasteiger partial charge on any atom is 0.354 e. The molecular formula is C10H13N3O3. The van der Waals surface area contributed by atoms with E-state index in [1.807, 2.05) is 0 Å². The molecule has 0 saturated carbocycles. The SMILES string of the molecule is CNC(C)C(=O)Nc1ccc(C(=O)O)nc1. The Hall–Kier alpha value is -1.95. The van der Waals surface area contributed by atoms with E-state index in [4.69, 9.17) is 5.11 Å².